The van der Waals surface area contributed by atoms with E-state index in [1.165, 1.54) is 0 Å². The number of hydrogen-bond donors (Lipinski definition) is 1. The monoisotopic (exact) mass is 238 g/mol. The normalized spacial score (nSPS) is 10.3. The lowest BCUT2D eigenvalue weighted by Crippen LogP contribution is -2.22. The Morgan fingerprint density at radius 1 is 1.29 bits per heavy atom. The highest BCUT2D eigenvalue weighted by Crippen LogP contribution is 2.12. The number of ether oxygens (including phenoxy) is 2. The van der Waals surface area contributed by atoms with Crippen LogP contribution >= 0.6 is 0 Å². The quantitative estimate of drug-likeness (QED) is 0.585. The number of nitrogens with two attached hydrogens (primary N) is 1. The number of esters is 1. The maximum Gasteiger partial charge on any atom is 0.344 e. The van der Waals surface area contributed by atoms with Crippen LogP contribution in [0.1, 0.15) is 0 Å². The molecule has 1 rings (SSSR count). The van der Waals surface area contributed by atoms with Crippen LogP contribution in [0.25, 0.3) is 0 Å². The first-order chi connectivity index (χ1) is 8.08. The van der Waals surface area contributed by atoms with E-state index in [2.05, 4.69) is 0 Å². The maximum absolute atomic E-state index is 11.3. The molecule has 0 bridgehead atoms. The molecule has 0 radical (unpaired) electrons. The summed E-state index contributed by atoms with van der Waals surface area (Å²) in [5.74, 6) is 0.229. The average Bonchev–Trinajstić information content (AvgIpc) is 2.28. The van der Waals surface area contributed by atoms with Crippen molar-refractivity contribution in [3.8, 4) is 5.75 Å². The van der Waals surface area contributed by atoms with Crippen molar-refractivity contribution in [3.63, 3.8) is 0 Å². The van der Waals surface area contributed by atoms with Crippen molar-refractivity contribution in [2.24, 2.45) is 0 Å². The zero-order valence-corrected chi connectivity index (χ0v) is 10.2. The molecular weight excluding hydrogens is 220 g/mol. The molecule has 0 atom stereocenters. The van der Waals surface area contributed by atoms with Crippen LogP contribution in [0.5, 0.6) is 5.75 Å². The smallest absolute Gasteiger partial charge is 0.344 e. The summed E-state index contributed by atoms with van der Waals surface area (Å²) < 4.78 is 10.2. The lowest BCUT2D eigenvalue weighted by molar-refractivity contribution is -0.146. The van der Waals surface area contributed by atoms with Crippen LogP contribution in [-0.4, -0.2) is 44.7 Å². The highest BCUT2D eigenvalue weighted by Gasteiger charge is 2.04. The Bertz CT molecular complexity index is 349. The first-order valence-electron chi connectivity index (χ1n) is 5.36. The Hall–Kier alpha value is -1.75. The van der Waals surface area contributed by atoms with E-state index >= 15 is 0 Å². The SMILES string of the molecule is CN(C)CCOC(=O)COc1ccc(N)cc1. The van der Waals surface area contributed by atoms with Gasteiger partial charge in [0.25, 0.3) is 0 Å². The minimum Gasteiger partial charge on any atom is -0.482 e. The molecule has 1 aromatic carbocycles. The van der Waals surface area contributed by atoms with Gasteiger partial charge in [-0.2, -0.15) is 0 Å². The van der Waals surface area contributed by atoms with Crippen LogP contribution in [-0.2, 0) is 9.53 Å². The van der Waals surface area contributed by atoms with Crippen molar-refractivity contribution in [1.29, 1.82) is 0 Å². The molecule has 5 heteroatoms. The third-order valence-electron chi connectivity index (χ3n) is 2.04. The van der Waals surface area contributed by atoms with E-state index in [9.17, 15) is 4.79 Å². The molecule has 17 heavy (non-hydrogen) atoms. The summed E-state index contributed by atoms with van der Waals surface area (Å²) in [7, 11) is 3.83. The minimum atomic E-state index is -0.372. The zero-order chi connectivity index (χ0) is 12.7. The van der Waals surface area contributed by atoms with Gasteiger partial charge in [-0.15, -0.1) is 0 Å². The number of nitrogen functional groups attached to an aromatic ring is 1. The fourth-order valence-electron chi connectivity index (χ4n) is 1.09. The Kier molecular flexibility index (Phi) is 5.29. The molecule has 0 heterocycles. The van der Waals surface area contributed by atoms with Gasteiger partial charge >= 0.3 is 5.97 Å². The third kappa shape index (κ3) is 5.77. The highest BCUT2D eigenvalue weighted by molar-refractivity contribution is 5.71. The maximum atomic E-state index is 11.3. The zero-order valence-electron chi connectivity index (χ0n) is 10.2. The van der Waals surface area contributed by atoms with Crippen LogP contribution in [0.2, 0.25) is 0 Å². The number of rotatable bonds is 6. The Balaban J connectivity index is 2.21. The van der Waals surface area contributed by atoms with Gasteiger partial charge in [0.2, 0.25) is 0 Å². The van der Waals surface area contributed by atoms with Gasteiger partial charge in [0, 0.05) is 12.2 Å². The fraction of sp³-hybridized carbons (Fsp3) is 0.417. The number of carbonyl (C=O) groups is 1. The van der Waals surface area contributed by atoms with Crippen LogP contribution in [0.15, 0.2) is 24.3 Å². The Labute approximate surface area is 101 Å². The predicted molar refractivity (Wildman–Crippen MR) is 65.9 cm³/mol. The summed E-state index contributed by atoms with van der Waals surface area (Å²) in [5.41, 5.74) is 6.18. The lowest BCUT2D eigenvalue weighted by atomic mass is 10.3. The van der Waals surface area contributed by atoms with Crippen LogP contribution in [0, 0.1) is 0 Å². The predicted octanol–water partition coefficient (Wildman–Crippen LogP) is 0.752. The van der Waals surface area contributed by atoms with E-state index < -0.39 is 0 Å². The number of likely N-dealkylation sites (N-methyl/N-ethyl adjacent to an activating group) is 1. The summed E-state index contributed by atoms with van der Waals surface area (Å²) in [6.07, 6.45) is 0. The van der Waals surface area contributed by atoms with Gasteiger partial charge in [0.15, 0.2) is 6.61 Å². The van der Waals surface area contributed by atoms with Gasteiger partial charge in [-0.25, -0.2) is 4.79 Å². The third-order valence-corrected chi connectivity index (χ3v) is 2.04. The van der Waals surface area contributed by atoms with E-state index in [0.717, 1.165) is 0 Å². The van der Waals surface area contributed by atoms with Gasteiger partial charge in [0.1, 0.15) is 12.4 Å². The topological polar surface area (TPSA) is 64.8 Å². The van der Waals surface area contributed by atoms with Crippen molar-refractivity contribution in [1.82, 2.24) is 4.90 Å². The number of carbonyl (C=O) groups excluding carboxylic acids is 1. The summed E-state index contributed by atoms with van der Waals surface area (Å²) >= 11 is 0. The second kappa shape index (κ2) is 6.75. The molecule has 0 spiro atoms. The number of benzene rings is 1. The van der Waals surface area contributed by atoms with Crippen LogP contribution in [0.4, 0.5) is 5.69 Å². The molecule has 0 amide bonds. The molecule has 0 saturated carbocycles. The lowest BCUT2D eigenvalue weighted by Gasteiger charge is -2.10. The van der Waals surface area contributed by atoms with Crippen molar-refractivity contribution in [2.75, 3.05) is 39.6 Å². The number of hydrogen-bond acceptors (Lipinski definition) is 5. The fourth-order valence-corrected chi connectivity index (χ4v) is 1.09. The second-order valence-electron chi connectivity index (χ2n) is 3.88. The molecule has 5 nitrogen and oxygen atoms in total. The van der Waals surface area contributed by atoms with E-state index in [1.54, 1.807) is 24.3 Å². The molecule has 0 aromatic heterocycles. The van der Waals surface area contributed by atoms with Gasteiger partial charge in [-0.1, -0.05) is 0 Å². The van der Waals surface area contributed by atoms with Crippen molar-refractivity contribution in [3.05, 3.63) is 24.3 Å². The van der Waals surface area contributed by atoms with E-state index in [-0.39, 0.29) is 12.6 Å². The first kappa shape index (κ1) is 13.3. The van der Waals surface area contributed by atoms with Crippen molar-refractivity contribution < 1.29 is 14.3 Å². The summed E-state index contributed by atoms with van der Waals surface area (Å²) in [4.78, 5) is 13.2. The average molecular weight is 238 g/mol. The van der Waals surface area contributed by atoms with E-state index in [1.807, 2.05) is 19.0 Å². The standard InChI is InChI=1S/C12H18N2O3/c1-14(2)7-8-16-12(15)9-17-11-5-3-10(13)4-6-11/h3-6H,7-9,13H2,1-2H3. The summed E-state index contributed by atoms with van der Waals surface area (Å²) in [5, 5.41) is 0. The second-order valence-corrected chi connectivity index (χ2v) is 3.88. The first-order valence-corrected chi connectivity index (χ1v) is 5.36. The molecule has 0 saturated heterocycles. The van der Waals surface area contributed by atoms with Gasteiger partial charge < -0.3 is 20.1 Å². The number of nitrogens with zero attached hydrogens (tertiary/aromatic N) is 1. The van der Waals surface area contributed by atoms with Crippen molar-refractivity contribution in [2.45, 2.75) is 0 Å². The molecule has 0 aliphatic rings. The van der Waals surface area contributed by atoms with Gasteiger partial charge in [-0.05, 0) is 38.4 Å². The van der Waals surface area contributed by atoms with E-state index in [4.69, 9.17) is 15.2 Å². The molecule has 2 N–H and O–H groups in total. The Morgan fingerprint density at radius 2 is 1.94 bits per heavy atom. The highest BCUT2D eigenvalue weighted by atomic mass is 16.6. The number of anilines is 1. The van der Waals surface area contributed by atoms with Gasteiger partial charge in [-0.3, -0.25) is 0 Å². The summed E-state index contributed by atoms with van der Waals surface area (Å²) in [6.45, 7) is 0.988. The van der Waals surface area contributed by atoms with Crippen LogP contribution < -0.4 is 10.5 Å². The van der Waals surface area contributed by atoms with Crippen molar-refractivity contribution >= 4 is 11.7 Å². The molecule has 0 fully saturated rings. The van der Waals surface area contributed by atoms with Crippen LogP contribution in [0.3, 0.4) is 0 Å². The molecular formula is C12H18N2O3. The van der Waals surface area contributed by atoms with Gasteiger partial charge in [0.05, 0.1) is 0 Å². The molecule has 0 aliphatic heterocycles. The summed E-state index contributed by atoms with van der Waals surface area (Å²) in [6, 6.07) is 6.85. The molecule has 94 valence electrons. The molecule has 1 aromatic rings. The largest absolute Gasteiger partial charge is 0.482 e. The molecule has 0 aliphatic carbocycles. The minimum absolute atomic E-state index is 0.0860. The van der Waals surface area contributed by atoms with E-state index in [0.29, 0.717) is 24.6 Å². The molecule has 0 unspecified atom stereocenters. The Morgan fingerprint density at radius 3 is 2.53 bits per heavy atom.